The quantitative estimate of drug-likeness (QED) is 0.335. The molecule has 0 aromatic heterocycles. The van der Waals surface area contributed by atoms with Gasteiger partial charge >= 0.3 is 0 Å². The Kier molecular flexibility index (Phi) is 6.00. The van der Waals surface area contributed by atoms with Crippen LogP contribution < -0.4 is 10.5 Å². The van der Waals surface area contributed by atoms with Gasteiger partial charge in [-0.15, -0.1) is 0 Å². The van der Waals surface area contributed by atoms with Crippen LogP contribution in [0.15, 0.2) is 29.4 Å². The molecule has 5 heteroatoms. The Hall–Kier alpha value is -1.75. The third kappa shape index (κ3) is 4.63. The van der Waals surface area contributed by atoms with Gasteiger partial charge in [0.15, 0.2) is 0 Å². The van der Waals surface area contributed by atoms with Gasteiger partial charge in [0.1, 0.15) is 11.6 Å². The van der Waals surface area contributed by atoms with Crippen LogP contribution in [0, 0.1) is 5.92 Å². The van der Waals surface area contributed by atoms with Crippen molar-refractivity contribution in [2.75, 3.05) is 20.3 Å². The van der Waals surface area contributed by atoms with Crippen LogP contribution >= 0.6 is 0 Å². The Labute approximate surface area is 107 Å². The summed E-state index contributed by atoms with van der Waals surface area (Å²) in [5.41, 5.74) is 6.67. The lowest BCUT2D eigenvalue weighted by Crippen LogP contribution is -2.26. The van der Waals surface area contributed by atoms with Gasteiger partial charge in [0.05, 0.1) is 19.1 Å². The molecule has 0 fully saturated rings. The molecule has 3 N–H and O–H groups in total. The summed E-state index contributed by atoms with van der Waals surface area (Å²) in [4.78, 5) is 0. The van der Waals surface area contributed by atoms with Gasteiger partial charge in [-0.05, 0) is 24.1 Å². The van der Waals surface area contributed by atoms with Crippen molar-refractivity contribution in [3.63, 3.8) is 0 Å². The summed E-state index contributed by atoms with van der Waals surface area (Å²) in [6.45, 7) is 2.93. The first kappa shape index (κ1) is 14.3. The number of oxime groups is 1. The van der Waals surface area contributed by atoms with E-state index in [1.165, 1.54) is 5.56 Å². The highest BCUT2D eigenvalue weighted by atomic mass is 16.5. The first-order valence-electron chi connectivity index (χ1n) is 5.85. The number of hydrogen-bond acceptors (Lipinski definition) is 4. The van der Waals surface area contributed by atoms with Crippen molar-refractivity contribution in [1.82, 2.24) is 0 Å². The first-order chi connectivity index (χ1) is 8.67. The number of benzene rings is 1. The molecular formula is C13H20N2O3. The average molecular weight is 252 g/mol. The Bertz CT molecular complexity index is 376. The van der Waals surface area contributed by atoms with Crippen LogP contribution in [-0.2, 0) is 11.2 Å². The van der Waals surface area contributed by atoms with Crippen LogP contribution in [-0.4, -0.2) is 31.4 Å². The SMILES string of the molecule is COCCc1ccc(OCC(C)/C(N)=N/O)cc1. The van der Waals surface area contributed by atoms with E-state index in [0.717, 1.165) is 12.2 Å². The molecule has 1 rings (SSSR count). The van der Waals surface area contributed by atoms with E-state index >= 15 is 0 Å². The Morgan fingerprint density at radius 3 is 2.61 bits per heavy atom. The monoisotopic (exact) mass is 252 g/mol. The third-order valence-electron chi connectivity index (χ3n) is 2.64. The molecule has 0 spiro atoms. The molecule has 0 amide bonds. The average Bonchev–Trinajstić information content (AvgIpc) is 2.42. The lowest BCUT2D eigenvalue weighted by atomic mass is 10.1. The molecule has 0 saturated heterocycles. The van der Waals surface area contributed by atoms with E-state index in [2.05, 4.69) is 5.16 Å². The van der Waals surface area contributed by atoms with Crippen molar-refractivity contribution >= 4 is 5.84 Å². The van der Waals surface area contributed by atoms with Gasteiger partial charge in [0.2, 0.25) is 0 Å². The Balaban J connectivity index is 2.44. The van der Waals surface area contributed by atoms with Gasteiger partial charge in [0, 0.05) is 7.11 Å². The minimum absolute atomic E-state index is 0.122. The second kappa shape index (κ2) is 7.55. The number of hydrogen-bond donors (Lipinski definition) is 2. The highest BCUT2D eigenvalue weighted by molar-refractivity contribution is 5.81. The molecule has 100 valence electrons. The van der Waals surface area contributed by atoms with Crippen molar-refractivity contribution in [2.45, 2.75) is 13.3 Å². The van der Waals surface area contributed by atoms with E-state index in [0.29, 0.717) is 13.2 Å². The first-order valence-corrected chi connectivity index (χ1v) is 5.85. The number of methoxy groups -OCH3 is 1. The van der Waals surface area contributed by atoms with Crippen LogP contribution in [0.3, 0.4) is 0 Å². The zero-order valence-electron chi connectivity index (χ0n) is 10.8. The Morgan fingerprint density at radius 2 is 2.06 bits per heavy atom. The second-order valence-electron chi connectivity index (χ2n) is 4.12. The van der Waals surface area contributed by atoms with Crippen LogP contribution in [0.4, 0.5) is 0 Å². The molecular weight excluding hydrogens is 232 g/mol. The molecule has 5 nitrogen and oxygen atoms in total. The number of nitrogens with two attached hydrogens (primary N) is 1. The molecule has 1 aromatic carbocycles. The number of ether oxygens (including phenoxy) is 2. The molecule has 1 unspecified atom stereocenters. The summed E-state index contributed by atoms with van der Waals surface area (Å²) in [5, 5.41) is 11.5. The van der Waals surface area contributed by atoms with Crippen LogP contribution in [0.5, 0.6) is 5.75 Å². The fourth-order valence-electron chi connectivity index (χ4n) is 1.38. The highest BCUT2D eigenvalue weighted by Gasteiger charge is 2.08. The molecule has 0 bridgehead atoms. The van der Waals surface area contributed by atoms with Crippen LogP contribution in [0.25, 0.3) is 0 Å². The smallest absolute Gasteiger partial charge is 0.145 e. The molecule has 0 radical (unpaired) electrons. The molecule has 1 atom stereocenters. The predicted molar refractivity (Wildman–Crippen MR) is 70.1 cm³/mol. The summed E-state index contributed by atoms with van der Waals surface area (Å²) in [6.07, 6.45) is 0.886. The lowest BCUT2D eigenvalue weighted by Gasteiger charge is -2.12. The fourth-order valence-corrected chi connectivity index (χ4v) is 1.38. The fraction of sp³-hybridized carbons (Fsp3) is 0.462. The van der Waals surface area contributed by atoms with E-state index in [-0.39, 0.29) is 11.8 Å². The van der Waals surface area contributed by atoms with Gasteiger partial charge in [0.25, 0.3) is 0 Å². The molecule has 1 aromatic rings. The molecule has 0 heterocycles. The summed E-state index contributed by atoms with van der Waals surface area (Å²) in [6, 6.07) is 7.82. The summed E-state index contributed by atoms with van der Waals surface area (Å²) in [7, 11) is 1.69. The van der Waals surface area contributed by atoms with Crippen molar-refractivity contribution in [3.8, 4) is 5.75 Å². The summed E-state index contributed by atoms with van der Waals surface area (Å²) >= 11 is 0. The molecule has 0 saturated carbocycles. The Morgan fingerprint density at radius 1 is 1.39 bits per heavy atom. The number of nitrogens with zero attached hydrogens (tertiary/aromatic N) is 1. The maximum atomic E-state index is 8.52. The zero-order valence-corrected chi connectivity index (χ0v) is 10.8. The summed E-state index contributed by atoms with van der Waals surface area (Å²) < 4.78 is 10.6. The predicted octanol–water partition coefficient (Wildman–Crippen LogP) is 1.64. The lowest BCUT2D eigenvalue weighted by molar-refractivity contribution is 0.202. The third-order valence-corrected chi connectivity index (χ3v) is 2.64. The van der Waals surface area contributed by atoms with Gasteiger partial charge in [-0.25, -0.2) is 0 Å². The zero-order chi connectivity index (χ0) is 13.4. The normalized spacial score (nSPS) is 13.3. The van der Waals surface area contributed by atoms with Gasteiger partial charge in [-0.3, -0.25) is 0 Å². The van der Waals surface area contributed by atoms with Crippen molar-refractivity contribution < 1.29 is 14.7 Å². The second-order valence-corrected chi connectivity index (χ2v) is 4.12. The highest BCUT2D eigenvalue weighted by Crippen LogP contribution is 2.13. The van der Waals surface area contributed by atoms with E-state index in [1.807, 2.05) is 31.2 Å². The molecule has 0 aliphatic rings. The number of amidine groups is 1. The van der Waals surface area contributed by atoms with E-state index < -0.39 is 0 Å². The van der Waals surface area contributed by atoms with Crippen molar-refractivity contribution in [1.29, 1.82) is 0 Å². The minimum atomic E-state index is -0.122. The van der Waals surface area contributed by atoms with Gasteiger partial charge in [-0.2, -0.15) is 0 Å². The van der Waals surface area contributed by atoms with Crippen LogP contribution in [0.1, 0.15) is 12.5 Å². The van der Waals surface area contributed by atoms with Crippen molar-refractivity contribution in [3.05, 3.63) is 29.8 Å². The van der Waals surface area contributed by atoms with Gasteiger partial charge < -0.3 is 20.4 Å². The van der Waals surface area contributed by atoms with E-state index in [1.54, 1.807) is 7.11 Å². The molecule has 0 aliphatic heterocycles. The topological polar surface area (TPSA) is 77.1 Å². The van der Waals surface area contributed by atoms with E-state index in [4.69, 9.17) is 20.4 Å². The minimum Gasteiger partial charge on any atom is -0.493 e. The number of rotatable bonds is 7. The van der Waals surface area contributed by atoms with Gasteiger partial charge in [-0.1, -0.05) is 24.2 Å². The molecule has 18 heavy (non-hydrogen) atoms. The standard InChI is InChI=1S/C13H20N2O3/c1-10(13(14)15-16)9-18-12-5-3-11(4-6-12)7-8-17-2/h3-6,10,16H,7-9H2,1-2H3,(H2,14,15). The largest absolute Gasteiger partial charge is 0.493 e. The van der Waals surface area contributed by atoms with Crippen molar-refractivity contribution in [2.24, 2.45) is 16.8 Å². The maximum absolute atomic E-state index is 8.52. The molecule has 0 aliphatic carbocycles. The maximum Gasteiger partial charge on any atom is 0.145 e. The summed E-state index contributed by atoms with van der Waals surface area (Å²) in [5.74, 6) is 0.823. The van der Waals surface area contributed by atoms with Crippen LogP contribution in [0.2, 0.25) is 0 Å². The van der Waals surface area contributed by atoms with E-state index in [9.17, 15) is 0 Å².